The molecule has 0 spiro atoms. The monoisotopic (exact) mass is 197 g/mol. The van der Waals surface area contributed by atoms with Crippen LogP contribution in [0.5, 0.6) is 0 Å². The molecule has 0 fully saturated rings. The van der Waals surface area contributed by atoms with Crippen molar-refractivity contribution in [3.63, 3.8) is 0 Å². The lowest BCUT2D eigenvalue weighted by Crippen LogP contribution is -2.26. The third kappa shape index (κ3) is 3.14. The van der Waals surface area contributed by atoms with E-state index in [1.165, 1.54) is 0 Å². The lowest BCUT2D eigenvalue weighted by atomic mass is 10.2. The highest BCUT2D eigenvalue weighted by atomic mass is 19.1. The Morgan fingerprint density at radius 1 is 1.43 bits per heavy atom. The van der Waals surface area contributed by atoms with Crippen molar-refractivity contribution >= 4 is 5.97 Å². The van der Waals surface area contributed by atoms with Crippen LogP contribution >= 0.6 is 0 Å². The lowest BCUT2D eigenvalue weighted by molar-refractivity contribution is -0.150. The van der Waals surface area contributed by atoms with E-state index in [1.54, 1.807) is 12.1 Å². The zero-order valence-electron chi connectivity index (χ0n) is 7.65. The standard InChI is InChI=1S/C10H12FNO2/c11-9(6-12)10(13)14-7-8-4-2-1-3-5-8/h1-5,9H,6-7,12H2. The smallest absolute Gasteiger partial charge is 0.342 e. The van der Waals surface area contributed by atoms with Crippen LogP contribution in [-0.4, -0.2) is 18.7 Å². The first kappa shape index (κ1) is 10.7. The van der Waals surface area contributed by atoms with E-state index in [0.29, 0.717) is 0 Å². The van der Waals surface area contributed by atoms with Gasteiger partial charge in [0.1, 0.15) is 6.61 Å². The molecule has 2 N–H and O–H groups in total. The van der Waals surface area contributed by atoms with Crippen molar-refractivity contribution in [3.8, 4) is 0 Å². The molecule has 1 atom stereocenters. The Morgan fingerprint density at radius 3 is 2.64 bits per heavy atom. The molecule has 0 amide bonds. The van der Waals surface area contributed by atoms with Gasteiger partial charge < -0.3 is 10.5 Å². The Labute approximate surface area is 81.7 Å². The number of halogens is 1. The van der Waals surface area contributed by atoms with Crippen LogP contribution < -0.4 is 5.73 Å². The Balaban J connectivity index is 2.38. The van der Waals surface area contributed by atoms with Gasteiger partial charge in [0.15, 0.2) is 0 Å². The van der Waals surface area contributed by atoms with E-state index in [9.17, 15) is 9.18 Å². The number of esters is 1. The number of hydrogen-bond acceptors (Lipinski definition) is 3. The molecule has 4 heteroatoms. The second-order valence-corrected chi connectivity index (χ2v) is 2.80. The summed E-state index contributed by atoms with van der Waals surface area (Å²) in [5.41, 5.74) is 5.79. The normalized spacial score (nSPS) is 12.1. The Hall–Kier alpha value is -1.42. The molecule has 0 aliphatic rings. The van der Waals surface area contributed by atoms with E-state index in [0.717, 1.165) is 5.56 Å². The van der Waals surface area contributed by atoms with Gasteiger partial charge >= 0.3 is 5.97 Å². The highest BCUT2D eigenvalue weighted by Gasteiger charge is 2.16. The average molecular weight is 197 g/mol. The summed E-state index contributed by atoms with van der Waals surface area (Å²) in [7, 11) is 0. The van der Waals surface area contributed by atoms with Crippen molar-refractivity contribution in [2.75, 3.05) is 6.54 Å². The van der Waals surface area contributed by atoms with Gasteiger partial charge in [-0.05, 0) is 5.56 Å². The van der Waals surface area contributed by atoms with Gasteiger partial charge in [0.25, 0.3) is 0 Å². The topological polar surface area (TPSA) is 52.3 Å². The van der Waals surface area contributed by atoms with E-state index in [4.69, 9.17) is 5.73 Å². The molecule has 0 heterocycles. The molecule has 1 rings (SSSR count). The van der Waals surface area contributed by atoms with Crippen molar-refractivity contribution in [1.29, 1.82) is 0 Å². The SMILES string of the molecule is NCC(F)C(=O)OCc1ccccc1. The summed E-state index contributed by atoms with van der Waals surface area (Å²) in [4.78, 5) is 10.9. The van der Waals surface area contributed by atoms with E-state index < -0.39 is 12.1 Å². The molecule has 0 aromatic heterocycles. The van der Waals surface area contributed by atoms with E-state index in [1.807, 2.05) is 18.2 Å². The Bertz CT molecular complexity index is 289. The van der Waals surface area contributed by atoms with Gasteiger partial charge in [-0.15, -0.1) is 0 Å². The summed E-state index contributed by atoms with van der Waals surface area (Å²) in [6, 6.07) is 9.08. The maximum Gasteiger partial charge on any atom is 0.342 e. The molecule has 0 saturated heterocycles. The number of carbonyl (C=O) groups excluding carboxylic acids is 1. The molecule has 1 unspecified atom stereocenters. The number of alkyl halides is 1. The van der Waals surface area contributed by atoms with Gasteiger partial charge in [-0.3, -0.25) is 0 Å². The lowest BCUT2D eigenvalue weighted by Gasteiger charge is -2.06. The third-order valence-corrected chi connectivity index (χ3v) is 1.69. The first-order valence-corrected chi connectivity index (χ1v) is 4.28. The molecule has 76 valence electrons. The largest absolute Gasteiger partial charge is 0.459 e. The van der Waals surface area contributed by atoms with Crippen LogP contribution in [0.1, 0.15) is 5.56 Å². The zero-order valence-corrected chi connectivity index (χ0v) is 7.65. The summed E-state index contributed by atoms with van der Waals surface area (Å²) in [5.74, 6) is -0.906. The first-order valence-electron chi connectivity index (χ1n) is 4.28. The molecule has 0 aliphatic heterocycles. The Morgan fingerprint density at radius 2 is 2.07 bits per heavy atom. The van der Waals surface area contributed by atoms with Gasteiger partial charge in [0.05, 0.1) is 0 Å². The molecule has 0 bridgehead atoms. The molecule has 1 aromatic carbocycles. The summed E-state index contributed by atoms with van der Waals surface area (Å²) in [6.45, 7) is -0.256. The minimum atomic E-state index is -1.72. The van der Waals surface area contributed by atoms with Gasteiger partial charge in [-0.2, -0.15) is 0 Å². The van der Waals surface area contributed by atoms with E-state index in [2.05, 4.69) is 4.74 Å². The molecular weight excluding hydrogens is 185 g/mol. The fraction of sp³-hybridized carbons (Fsp3) is 0.300. The number of nitrogens with two attached hydrogens (primary N) is 1. The molecular formula is C10H12FNO2. The summed E-state index contributed by atoms with van der Waals surface area (Å²) in [6.07, 6.45) is -1.72. The van der Waals surface area contributed by atoms with Gasteiger partial charge in [-0.1, -0.05) is 30.3 Å². The Kier molecular flexibility index (Phi) is 4.07. The van der Waals surface area contributed by atoms with Crippen LogP contribution in [0.25, 0.3) is 0 Å². The first-order chi connectivity index (χ1) is 6.74. The summed E-state index contributed by atoms with van der Waals surface area (Å²) >= 11 is 0. The second-order valence-electron chi connectivity index (χ2n) is 2.80. The number of rotatable bonds is 4. The predicted molar refractivity (Wildman–Crippen MR) is 50.2 cm³/mol. The number of hydrogen-bond donors (Lipinski definition) is 1. The zero-order chi connectivity index (χ0) is 10.4. The fourth-order valence-corrected chi connectivity index (χ4v) is 0.915. The molecule has 14 heavy (non-hydrogen) atoms. The predicted octanol–water partition coefficient (Wildman–Crippen LogP) is 1.03. The quantitative estimate of drug-likeness (QED) is 0.733. The average Bonchev–Trinajstić information content (AvgIpc) is 2.26. The van der Waals surface area contributed by atoms with E-state index >= 15 is 0 Å². The second kappa shape index (κ2) is 5.34. The maximum absolute atomic E-state index is 12.6. The number of benzene rings is 1. The van der Waals surface area contributed by atoms with Crippen LogP contribution in [0.15, 0.2) is 30.3 Å². The maximum atomic E-state index is 12.6. The van der Waals surface area contributed by atoms with Gasteiger partial charge in [-0.25, -0.2) is 9.18 Å². The van der Waals surface area contributed by atoms with Crippen molar-refractivity contribution in [1.82, 2.24) is 0 Å². The fourth-order valence-electron chi connectivity index (χ4n) is 0.915. The van der Waals surface area contributed by atoms with Crippen LogP contribution in [0.4, 0.5) is 4.39 Å². The number of ether oxygens (including phenoxy) is 1. The molecule has 0 saturated carbocycles. The van der Waals surface area contributed by atoms with Crippen molar-refractivity contribution < 1.29 is 13.9 Å². The highest BCUT2D eigenvalue weighted by molar-refractivity contribution is 5.74. The molecule has 1 aromatic rings. The number of carbonyl (C=O) groups is 1. The van der Waals surface area contributed by atoms with E-state index in [-0.39, 0.29) is 13.2 Å². The van der Waals surface area contributed by atoms with Crippen LogP contribution in [-0.2, 0) is 16.1 Å². The highest BCUT2D eigenvalue weighted by Crippen LogP contribution is 2.02. The summed E-state index contributed by atoms with van der Waals surface area (Å²) in [5, 5.41) is 0. The van der Waals surface area contributed by atoms with Crippen LogP contribution in [0.3, 0.4) is 0 Å². The summed E-state index contributed by atoms with van der Waals surface area (Å²) < 4.78 is 17.3. The van der Waals surface area contributed by atoms with Crippen molar-refractivity contribution in [3.05, 3.63) is 35.9 Å². The molecule has 3 nitrogen and oxygen atoms in total. The van der Waals surface area contributed by atoms with Gasteiger partial charge in [0, 0.05) is 6.54 Å². The minimum absolute atomic E-state index is 0.0834. The molecule has 0 aliphatic carbocycles. The van der Waals surface area contributed by atoms with Crippen LogP contribution in [0, 0.1) is 0 Å². The third-order valence-electron chi connectivity index (χ3n) is 1.69. The van der Waals surface area contributed by atoms with Crippen LogP contribution in [0.2, 0.25) is 0 Å². The molecule has 0 radical (unpaired) electrons. The van der Waals surface area contributed by atoms with Crippen molar-refractivity contribution in [2.45, 2.75) is 12.8 Å². The van der Waals surface area contributed by atoms with Crippen molar-refractivity contribution in [2.24, 2.45) is 5.73 Å². The van der Waals surface area contributed by atoms with Gasteiger partial charge in [0.2, 0.25) is 6.17 Å². The minimum Gasteiger partial charge on any atom is -0.459 e.